The molecule has 104 valence electrons. The molecular formula is C10H12N2O5S2. The average molecular weight is 304 g/mol. The van der Waals surface area contributed by atoms with Gasteiger partial charge in [-0.2, -0.15) is 8.42 Å². The van der Waals surface area contributed by atoms with E-state index in [9.17, 15) is 21.6 Å². The lowest BCUT2D eigenvalue weighted by Crippen LogP contribution is -2.36. The standard InChI is InChI=1S/C10H12N2O5S2/c1-18(14,15)12-8-10(13)11(19(12,16)17)7-9-5-3-2-4-6-9/h2-6H,7-8H2,1H3. The fourth-order valence-corrected chi connectivity index (χ4v) is 4.79. The van der Waals surface area contributed by atoms with Gasteiger partial charge in [-0.1, -0.05) is 34.0 Å². The Balaban J connectivity index is 2.35. The van der Waals surface area contributed by atoms with Crippen LogP contribution < -0.4 is 0 Å². The van der Waals surface area contributed by atoms with Crippen molar-refractivity contribution in [2.45, 2.75) is 6.54 Å². The maximum atomic E-state index is 12.0. The van der Waals surface area contributed by atoms with Gasteiger partial charge < -0.3 is 0 Å². The minimum atomic E-state index is -4.30. The minimum Gasteiger partial charge on any atom is -0.272 e. The summed E-state index contributed by atoms with van der Waals surface area (Å²) in [7, 11) is -8.29. The molecule has 9 heteroatoms. The van der Waals surface area contributed by atoms with Crippen LogP contribution in [-0.2, 0) is 31.6 Å². The minimum absolute atomic E-state index is 0.173. The lowest BCUT2D eigenvalue weighted by atomic mass is 10.2. The first-order valence-corrected chi connectivity index (χ1v) is 8.55. The highest BCUT2D eigenvalue weighted by molar-refractivity contribution is 8.03. The molecule has 7 nitrogen and oxygen atoms in total. The Morgan fingerprint density at radius 3 is 2.26 bits per heavy atom. The van der Waals surface area contributed by atoms with Gasteiger partial charge in [0.2, 0.25) is 10.0 Å². The highest BCUT2D eigenvalue weighted by Gasteiger charge is 2.47. The van der Waals surface area contributed by atoms with Gasteiger partial charge in [0, 0.05) is 0 Å². The maximum Gasteiger partial charge on any atom is 0.320 e. The largest absolute Gasteiger partial charge is 0.320 e. The van der Waals surface area contributed by atoms with Gasteiger partial charge in [0.15, 0.2) is 0 Å². The van der Waals surface area contributed by atoms with Crippen molar-refractivity contribution in [1.82, 2.24) is 8.02 Å². The topological polar surface area (TPSA) is 91.8 Å². The molecule has 1 heterocycles. The Morgan fingerprint density at radius 1 is 1.21 bits per heavy atom. The van der Waals surface area contributed by atoms with Crippen LogP contribution in [0.2, 0.25) is 0 Å². The van der Waals surface area contributed by atoms with Crippen molar-refractivity contribution < 1.29 is 21.6 Å². The zero-order chi connectivity index (χ0) is 14.3. The zero-order valence-electron chi connectivity index (χ0n) is 10.1. The van der Waals surface area contributed by atoms with Crippen molar-refractivity contribution in [2.75, 3.05) is 12.8 Å². The molecule has 0 bridgehead atoms. The molecular weight excluding hydrogens is 292 g/mol. The molecule has 0 spiro atoms. The Hall–Kier alpha value is -1.45. The number of carbonyl (C=O) groups is 1. The second-order valence-electron chi connectivity index (χ2n) is 4.09. The number of hydrogen-bond acceptors (Lipinski definition) is 5. The third-order valence-electron chi connectivity index (χ3n) is 2.62. The van der Waals surface area contributed by atoms with Gasteiger partial charge in [-0.25, -0.2) is 12.7 Å². The van der Waals surface area contributed by atoms with E-state index >= 15 is 0 Å². The van der Waals surface area contributed by atoms with Gasteiger partial charge in [0.05, 0.1) is 12.8 Å². The van der Waals surface area contributed by atoms with Crippen molar-refractivity contribution in [3.8, 4) is 0 Å². The summed E-state index contributed by atoms with van der Waals surface area (Å²) in [4.78, 5) is 11.7. The second kappa shape index (κ2) is 4.58. The summed E-state index contributed by atoms with van der Waals surface area (Å²) in [6.45, 7) is -0.845. The second-order valence-corrected chi connectivity index (χ2v) is 8.00. The monoisotopic (exact) mass is 304 g/mol. The molecule has 1 aliphatic heterocycles. The average Bonchev–Trinajstić information content (AvgIpc) is 2.53. The summed E-state index contributed by atoms with van der Waals surface area (Å²) in [5.74, 6) is -0.755. The number of hydrogen-bond donors (Lipinski definition) is 0. The summed E-state index contributed by atoms with van der Waals surface area (Å²) in [5, 5.41) is 0. The Morgan fingerprint density at radius 2 is 1.79 bits per heavy atom. The summed E-state index contributed by atoms with van der Waals surface area (Å²) in [6.07, 6.45) is 0.754. The zero-order valence-corrected chi connectivity index (χ0v) is 11.7. The van der Waals surface area contributed by atoms with E-state index in [1.54, 1.807) is 30.3 Å². The van der Waals surface area contributed by atoms with Crippen LogP contribution in [0.1, 0.15) is 5.56 Å². The molecule has 1 aromatic carbocycles. The first-order valence-electron chi connectivity index (χ1n) is 5.30. The van der Waals surface area contributed by atoms with Crippen LogP contribution in [0.3, 0.4) is 0 Å². The van der Waals surface area contributed by atoms with Gasteiger partial charge in [-0.15, -0.1) is 0 Å². The number of amides is 1. The molecule has 1 fully saturated rings. The number of sulfonamides is 1. The first-order chi connectivity index (χ1) is 8.73. The number of carbonyl (C=O) groups excluding carboxylic acids is 1. The van der Waals surface area contributed by atoms with E-state index in [1.165, 1.54) is 0 Å². The van der Waals surface area contributed by atoms with Crippen LogP contribution >= 0.6 is 0 Å². The molecule has 0 radical (unpaired) electrons. The molecule has 1 amide bonds. The predicted molar refractivity (Wildman–Crippen MR) is 67.5 cm³/mol. The molecule has 0 atom stereocenters. The molecule has 1 saturated heterocycles. The van der Waals surface area contributed by atoms with Crippen LogP contribution in [0.4, 0.5) is 0 Å². The van der Waals surface area contributed by atoms with Crippen molar-refractivity contribution in [2.24, 2.45) is 0 Å². The van der Waals surface area contributed by atoms with E-state index in [0.717, 1.165) is 6.26 Å². The lowest BCUT2D eigenvalue weighted by molar-refractivity contribution is -0.124. The van der Waals surface area contributed by atoms with Crippen molar-refractivity contribution in [3.63, 3.8) is 0 Å². The van der Waals surface area contributed by atoms with E-state index in [0.29, 0.717) is 9.87 Å². The van der Waals surface area contributed by atoms with E-state index in [2.05, 4.69) is 0 Å². The van der Waals surface area contributed by atoms with Crippen molar-refractivity contribution in [3.05, 3.63) is 35.9 Å². The van der Waals surface area contributed by atoms with Crippen molar-refractivity contribution in [1.29, 1.82) is 0 Å². The van der Waals surface area contributed by atoms with Gasteiger partial charge in [-0.05, 0) is 5.56 Å². The van der Waals surface area contributed by atoms with E-state index in [1.807, 2.05) is 0 Å². The van der Waals surface area contributed by atoms with Crippen molar-refractivity contribution >= 4 is 26.1 Å². The molecule has 0 saturated carbocycles. The first kappa shape index (κ1) is 14.0. The molecule has 19 heavy (non-hydrogen) atoms. The molecule has 1 aliphatic rings. The van der Waals surface area contributed by atoms with E-state index < -0.39 is 32.7 Å². The number of nitrogens with zero attached hydrogens (tertiary/aromatic N) is 2. The molecule has 1 aromatic rings. The Kier molecular flexibility index (Phi) is 3.37. The summed E-state index contributed by atoms with van der Waals surface area (Å²) in [5.41, 5.74) is 0.606. The van der Waals surface area contributed by atoms with E-state index in [4.69, 9.17) is 0 Å². The van der Waals surface area contributed by atoms with Crippen LogP contribution in [-0.4, -0.2) is 43.6 Å². The molecule has 0 N–H and O–H groups in total. The van der Waals surface area contributed by atoms with Gasteiger partial charge >= 0.3 is 10.2 Å². The number of benzene rings is 1. The van der Waals surface area contributed by atoms with Gasteiger partial charge in [-0.3, -0.25) is 4.79 Å². The summed E-state index contributed by atoms with van der Waals surface area (Å²) in [6, 6.07) is 8.48. The van der Waals surface area contributed by atoms with Crippen LogP contribution in [0.5, 0.6) is 0 Å². The lowest BCUT2D eigenvalue weighted by Gasteiger charge is -2.16. The SMILES string of the molecule is CS(=O)(=O)N1CC(=O)N(Cc2ccccc2)S1(=O)=O. The quantitative estimate of drug-likeness (QED) is 0.753. The number of rotatable bonds is 3. The normalized spacial score (nSPS) is 19.8. The smallest absolute Gasteiger partial charge is 0.272 e. The summed E-state index contributed by atoms with van der Waals surface area (Å²) >= 11 is 0. The Labute approximate surface area is 111 Å². The molecule has 0 aromatic heterocycles. The van der Waals surface area contributed by atoms with E-state index in [-0.39, 0.29) is 10.3 Å². The van der Waals surface area contributed by atoms with Gasteiger partial charge in [0.1, 0.15) is 6.54 Å². The Bertz CT molecular complexity index is 697. The third kappa shape index (κ3) is 2.62. The predicted octanol–water partition coefficient (Wildman–Crippen LogP) is -0.465. The van der Waals surface area contributed by atoms with Gasteiger partial charge in [0.25, 0.3) is 5.91 Å². The fraction of sp³-hybridized carbons (Fsp3) is 0.300. The molecule has 0 aliphatic carbocycles. The highest BCUT2D eigenvalue weighted by Crippen LogP contribution is 2.23. The molecule has 2 rings (SSSR count). The molecule has 0 unspecified atom stereocenters. The summed E-state index contributed by atoms with van der Waals surface area (Å²) < 4.78 is 47.5. The van der Waals surface area contributed by atoms with Crippen LogP contribution in [0.15, 0.2) is 30.3 Å². The van der Waals surface area contributed by atoms with Crippen LogP contribution in [0, 0.1) is 0 Å². The highest BCUT2D eigenvalue weighted by atomic mass is 32.3. The third-order valence-corrected chi connectivity index (χ3v) is 6.40. The fourth-order valence-electron chi connectivity index (χ4n) is 1.72. The van der Waals surface area contributed by atoms with Crippen LogP contribution in [0.25, 0.3) is 0 Å². The maximum absolute atomic E-state index is 12.0.